The molecule has 8 heteroatoms. The molecule has 0 fully saturated rings. The molecule has 2 amide bonds. The Labute approximate surface area is 229 Å². The standard InChI is InChI=1S/C30H49N3O5/c1-13-38-28(36)20(4)18-23(19(2)3)33(11)27(35)25(29(5,6)7)32-26(34)24(31-10)30(8,9)21-14-16-22(37-12)17-15-21/h14-19,23-25,31H,13H2,1-12H3,(H,32,34)/b20-18+/t23-,24-,25-/m1/s1. The molecule has 214 valence electrons. The normalized spacial score (nSPS) is 14.9. The first kappa shape index (κ1) is 33.2. The van der Waals surface area contributed by atoms with Gasteiger partial charge in [-0.25, -0.2) is 4.79 Å². The van der Waals surface area contributed by atoms with Crippen LogP contribution in [0.5, 0.6) is 5.75 Å². The summed E-state index contributed by atoms with van der Waals surface area (Å²) in [6.45, 7) is 17.5. The van der Waals surface area contributed by atoms with Crippen LogP contribution in [0.2, 0.25) is 0 Å². The van der Waals surface area contributed by atoms with Crippen molar-refractivity contribution >= 4 is 17.8 Å². The van der Waals surface area contributed by atoms with Gasteiger partial charge in [0.25, 0.3) is 0 Å². The summed E-state index contributed by atoms with van der Waals surface area (Å²) in [4.78, 5) is 41.4. The molecule has 0 aliphatic heterocycles. The number of amides is 2. The quantitative estimate of drug-likeness (QED) is 0.312. The highest BCUT2D eigenvalue weighted by Gasteiger charge is 2.41. The minimum atomic E-state index is -0.792. The smallest absolute Gasteiger partial charge is 0.333 e. The van der Waals surface area contributed by atoms with Crippen LogP contribution < -0.4 is 15.4 Å². The monoisotopic (exact) mass is 531 g/mol. The zero-order chi connectivity index (χ0) is 29.4. The number of ether oxygens (including phenoxy) is 2. The van der Waals surface area contributed by atoms with Crippen LogP contribution in [0, 0.1) is 11.3 Å². The number of esters is 1. The largest absolute Gasteiger partial charge is 0.497 e. The SMILES string of the molecule is CCOC(=O)/C(C)=C/[C@H](C(C)C)N(C)C(=O)[C@@H](NC(=O)[C@@H](NC)C(C)(C)c1ccc(OC)cc1)C(C)(C)C. The molecule has 0 unspecified atom stereocenters. The number of carbonyl (C=O) groups excluding carboxylic acids is 3. The summed E-state index contributed by atoms with van der Waals surface area (Å²) >= 11 is 0. The number of carbonyl (C=O) groups is 3. The minimum absolute atomic E-state index is 0.0312. The second-order valence-corrected chi connectivity index (χ2v) is 11.7. The third-order valence-electron chi connectivity index (χ3n) is 7.00. The Hall–Kier alpha value is -2.87. The summed E-state index contributed by atoms with van der Waals surface area (Å²) < 4.78 is 10.4. The van der Waals surface area contributed by atoms with Gasteiger partial charge in [0.2, 0.25) is 11.8 Å². The van der Waals surface area contributed by atoms with E-state index in [1.165, 1.54) is 0 Å². The Bertz CT molecular complexity index is 977. The van der Waals surface area contributed by atoms with E-state index in [1.54, 1.807) is 46.0 Å². The van der Waals surface area contributed by atoms with Crippen LogP contribution in [0.25, 0.3) is 0 Å². The summed E-state index contributed by atoms with van der Waals surface area (Å²) in [7, 11) is 5.07. The van der Waals surface area contributed by atoms with Crippen molar-refractivity contribution in [1.29, 1.82) is 0 Å². The van der Waals surface area contributed by atoms with Gasteiger partial charge in [-0.3, -0.25) is 9.59 Å². The topological polar surface area (TPSA) is 97.0 Å². The number of benzene rings is 1. The molecule has 3 atom stereocenters. The average Bonchev–Trinajstić information content (AvgIpc) is 2.84. The van der Waals surface area contributed by atoms with Crippen LogP contribution in [0.15, 0.2) is 35.9 Å². The molecule has 38 heavy (non-hydrogen) atoms. The Balaban J connectivity index is 3.30. The molecule has 0 heterocycles. The van der Waals surface area contributed by atoms with E-state index < -0.39 is 28.9 Å². The number of nitrogens with zero attached hydrogens (tertiary/aromatic N) is 1. The van der Waals surface area contributed by atoms with Gasteiger partial charge in [0.05, 0.1) is 25.8 Å². The third kappa shape index (κ3) is 8.32. The van der Waals surface area contributed by atoms with E-state index in [0.29, 0.717) is 5.57 Å². The molecule has 1 aromatic carbocycles. The van der Waals surface area contributed by atoms with Crippen molar-refractivity contribution in [2.75, 3.05) is 27.8 Å². The number of hydrogen-bond donors (Lipinski definition) is 2. The highest BCUT2D eigenvalue weighted by Crippen LogP contribution is 2.30. The molecule has 0 spiro atoms. The van der Waals surface area contributed by atoms with Crippen molar-refractivity contribution in [3.8, 4) is 5.75 Å². The van der Waals surface area contributed by atoms with Crippen molar-refractivity contribution in [1.82, 2.24) is 15.5 Å². The van der Waals surface area contributed by atoms with Crippen molar-refractivity contribution < 1.29 is 23.9 Å². The van der Waals surface area contributed by atoms with Gasteiger partial charge in [0, 0.05) is 18.0 Å². The highest BCUT2D eigenvalue weighted by molar-refractivity contribution is 5.92. The van der Waals surface area contributed by atoms with Gasteiger partial charge < -0.3 is 25.0 Å². The van der Waals surface area contributed by atoms with E-state index in [4.69, 9.17) is 9.47 Å². The van der Waals surface area contributed by atoms with Gasteiger partial charge in [-0.1, -0.05) is 66.7 Å². The van der Waals surface area contributed by atoms with Gasteiger partial charge in [-0.15, -0.1) is 0 Å². The lowest BCUT2D eigenvalue weighted by molar-refractivity contribution is -0.141. The van der Waals surface area contributed by atoms with Crippen LogP contribution in [0.1, 0.15) is 67.9 Å². The molecule has 0 saturated carbocycles. The Morgan fingerprint density at radius 2 is 1.58 bits per heavy atom. The molecule has 8 nitrogen and oxygen atoms in total. The third-order valence-corrected chi connectivity index (χ3v) is 7.00. The molecular weight excluding hydrogens is 482 g/mol. The van der Waals surface area contributed by atoms with Crippen molar-refractivity contribution in [3.63, 3.8) is 0 Å². The lowest BCUT2D eigenvalue weighted by atomic mass is 9.76. The highest BCUT2D eigenvalue weighted by atomic mass is 16.5. The van der Waals surface area contributed by atoms with Gasteiger partial charge in [-0.2, -0.15) is 0 Å². The maximum absolute atomic E-state index is 13.9. The van der Waals surface area contributed by atoms with Crippen molar-refractivity contribution in [3.05, 3.63) is 41.5 Å². The first-order chi connectivity index (χ1) is 17.5. The van der Waals surface area contributed by atoms with Crippen LogP contribution in [0.3, 0.4) is 0 Å². The summed E-state index contributed by atoms with van der Waals surface area (Å²) in [5.74, 6) is -0.131. The van der Waals surface area contributed by atoms with Gasteiger partial charge in [0.1, 0.15) is 11.8 Å². The van der Waals surface area contributed by atoms with E-state index in [0.717, 1.165) is 11.3 Å². The van der Waals surface area contributed by atoms with Gasteiger partial charge in [0.15, 0.2) is 0 Å². The van der Waals surface area contributed by atoms with E-state index in [9.17, 15) is 14.4 Å². The molecule has 2 N–H and O–H groups in total. The lowest BCUT2D eigenvalue weighted by Gasteiger charge is -2.40. The summed E-state index contributed by atoms with van der Waals surface area (Å²) in [5, 5.41) is 6.20. The fourth-order valence-electron chi connectivity index (χ4n) is 4.55. The van der Waals surface area contributed by atoms with E-state index in [-0.39, 0.29) is 30.4 Å². The Morgan fingerprint density at radius 3 is 2.00 bits per heavy atom. The van der Waals surface area contributed by atoms with Gasteiger partial charge >= 0.3 is 5.97 Å². The predicted molar refractivity (Wildman–Crippen MR) is 152 cm³/mol. The van der Waals surface area contributed by atoms with Crippen molar-refractivity contribution in [2.24, 2.45) is 11.3 Å². The fraction of sp³-hybridized carbons (Fsp3) is 0.633. The first-order valence-electron chi connectivity index (χ1n) is 13.3. The second-order valence-electron chi connectivity index (χ2n) is 11.7. The predicted octanol–water partition coefficient (Wildman–Crippen LogP) is 4.08. The lowest BCUT2D eigenvalue weighted by Crippen LogP contribution is -2.61. The van der Waals surface area contributed by atoms with E-state index >= 15 is 0 Å². The number of rotatable bonds is 12. The molecule has 0 radical (unpaired) electrons. The molecule has 0 aliphatic carbocycles. The van der Waals surface area contributed by atoms with Crippen molar-refractivity contribution in [2.45, 2.75) is 85.9 Å². The molecule has 1 rings (SSSR count). The maximum atomic E-state index is 13.9. The average molecular weight is 532 g/mol. The van der Waals surface area contributed by atoms with Crippen LogP contribution in [-0.4, -0.2) is 68.6 Å². The summed E-state index contributed by atoms with van der Waals surface area (Å²) in [6.07, 6.45) is 1.77. The minimum Gasteiger partial charge on any atom is -0.497 e. The Kier molecular flexibility index (Phi) is 12.0. The molecule has 0 aliphatic rings. The summed E-state index contributed by atoms with van der Waals surface area (Å²) in [5.41, 5.74) is 0.258. The number of likely N-dealkylation sites (N-methyl/N-ethyl adjacent to an activating group) is 2. The number of nitrogens with one attached hydrogen (secondary N) is 2. The number of hydrogen-bond acceptors (Lipinski definition) is 6. The van der Waals surface area contributed by atoms with E-state index in [1.807, 2.05) is 72.7 Å². The Morgan fingerprint density at radius 1 is 1.03 bits per heavy atom. The van der Waals surface area contributed by atoms with Crippen LogP contribution in [-0.2, 0) is 24.5 Å². The molecule has 1 aromatic rings. The zero-order valence-electron chi connectivity index (χ0n) is 25.4. The molecular formula is C30H49N3O5. The van der Waals surface area contributed by atoms with E-state index in [2.05, 4.69) is 10.6 Å². The molecule has 0 bridgehead atoms. The molecule has 0 aromatic heterocycles. The zero-order valence-corrected chi connectivity index (χ0v) is 25.4. The first-order valence-corrected chi connectivity index (χ1v) is 13.3. The van der Waals surface area contributed by atoms with Crippen LogP contribution >= 0.6 is 0 Å². The fourth-order valence-corrected chi connectivity index (χ4v) is 4.55. The second kappa shape index (κ2) is 13.8. The number of methoxy groups -OCH3 is 1. The van der Waals surface area contributed by atoms with Crippen LogP contribution in [0.4, 0.5) is 0 Å². The maximum Gasteiger partial charge on any atom is 0.333 e. The molecule has 0 saturated heterocycles. The summed E-state index contributed by atoms with van der Waals surface area (Å²) in [6, 6.07) is 5.88. The van der Waals surface area contributed by atoms with Gasteiger partial charge in [-0.05, 0) is 49.9 Å².